The molecular formula is C21H22F3N3O2S. The van der Waals surface area contributed by atoms with Gasteiger partial charge in [-0.05, 0) is 36.8 Å². The Morgan fingerprint density at radius 1 is 1.10 bits per heavy atom. The Balaban J connectivity index is 1.83. The molecule has 2 aromatic carbocycles. The van der Waals surface area contributed by atoms with Crippen LogP contribution in [0.15, 0.2) is 65.8 Å². The highest BCUT2D eigenvalue weighted by Crippen LogP contribution is 2.29. The van der Waals surface area contributed by atoms with Crippen molar-refractivity contribution >= 4 is 10.0 Å². The topological polar surface area (TPSA) is 55.2 Å². The van der Waals surface area contributed by atoms with Crippen molar-refractivity contribution < 1.29 is 21.6 Å². The zero-order valence-corrected chi connectivity index (χ0v) is 17.4. The number of aryl methyl sites for hydroxylation is 1. The lowest BCUT2D eigenvalue weighted by Gasteiger charge is -2.21. The molecule has 0 spiro atoms. The van der Waals surface area contributed by atoms with E-state index >= 15 is 0 Å². The van der Waals surface area contributed by atoms with Gasteiger partial charge in [-0.15, -0.1) is 0 Å². The molecule has 5 nitrogen and oxygen atoms in total. The summed E-state index contributed by atoms with van der Waals surface area (Å²) in [5, 5.41) is 0. The van der Waals surface area contributed by atoms with E-state index in [1.165, 1.54) is 16.6 Å². The Hall–Kier alpha value is -2.65. The van der Waals surface area contributed by atoms with Gasteiger partial charge < -0.3 is 4.57 Å². The molecule has 0 saturated heterocycles. The molecule has 3 aromatic rings. The number of nitrogens with zero attached hydrogens (tertiary/aromatic N) is 3. The van der Waals surface area contributed by atoms with Crippen molar-refractivity contribution in [2.24, 2.45) is 0 Å². The molecule has 0 aliphatic rings. The molecule has 30 heavy (non-hydrogen) atoms. The number of benzene rings is 2. The summed E-state index contributed by atoms with van der Waals surface area (Å²) in [5.74, 6) is 0.449. The van der Waals surface area contributed by atoms with Crippen molar-refractivity contribution in [1.29, 1.82) is 0 Å². The molecule has 9 heteroatoms. The lowest BCUT2D eigenvalue weighted by atomic mass is 10.1. The zero-order valence-electron chi connectivity index (χ0n) is 16.6. The largest absolute Gasteiger partial charge is 0.416 e. The van der Waals surface area contributed by atoms with Crippen molar-refractivity contribution in [3.63, 3.8) is 0 Å². The highest BCUT2D eigenvalue weighted by molar-refractivity contribution is 7.89. The summed E-state index contributed by atoms with van der Waals surface area (Å²) in [6, 6.07) is 11.6. The first-order chi connectivity index (χ1) is 14.1. The van der Waals surface area contributed by atoms with Gasteiger partial charge in [-0.2, -0.15) is 17.5 Å². The molecule has 160 valence electrons. The van der Waals surface area contributed by atoms with Crippen molar-refractivity contribution in [3.8, 4) is 0 Å². The number of hydrogen-bond donors (Lipinski definition) is 0. The Morgan fingerprint density at radius 2 is 1.80 bits per heavy atom. The van der Waals surface area contributed by atoms with E-state index in [9.17, 15) is 21.6 Å². The third-order valence-electron chi connectivity index (χ3n) is 4.74. The number of aromatic nitrogens is 2. The Kier molecular flexibility index (Phi) is 6.33. The monoisotopic (exact) mass is 437 g/mol. The fourth-order valence-corrected chi connectivity index (χ4v) is 4.47. The predicted molar refractivity (Wildman–Crippen MR) is 107 cm³/mol. The summed E-state index contributed by atoms with van der Waals surface area (Å²) >= 11 is 0. The number of imidazole rings is 1. The molecule has 0 bridgehead atoms. The minimum absolute atomic E-state index is 0.0126. The number of rotatable bonds is 7. The normalized spacial score (nSPS) is 12.5. The van der Waals surface area contributed by atoms with E-state index in [0.717, 1.165) is 17.7 Å². The van der Waals surface area contributed by atoms with Crippen LogP contribution in [0.3, 0.4) is 0 Å². The first-order valence-electron chi connectivity index (χ1n) is 9.34. The van der Waals surface area contributed by atoms with Crippen LogP contribution in [0.25, 0.3) is 0 Å². The lowest BCUT2D eigenvalue weighted by molar-refractivity contribution is -0.137. The number of alkyl halides is 3. The van der Waals surface area contributed by atoms with Gasteiger partial charge in [-0.3, -0.25) is 0 Å². The van der Waals surface area contributed by atoms with Crippen LogP contribution < -0.4 is 0 Å². The summed E-state index contributed by atoms with van der Waals surface area (Å²) in [4.78, 5) is 4.41. The highest BCUT2D eigenvalue weighted by Gasteiger charge is 2.30. The molecule has 1 aromatic heterocycles. The average molecular weight is 437 g/mol. The molecule has 0 atom stereocenters. The van der Waals surface area contributed by atoms with Gasteiger partial charge in [0.1, 0.15) is 5.82 Å². The predicted octanol–water partition coefficient (Wildman–Crippen LogP) is 4.47. The average Bonchev–Trinajstić information content (AvgIpc) is 3.12. The first kappa shape index (κ1) is 22.0. The van der Waals surface area contributed by atoms with Gasteiger partial charge in [0.15, 0.2) is 0 Å². The van der Waals surface area contributed by atoms with Crippen molar-refractivity contribution in [3.05, 3.63) is 83.4 Å². The Morgan fingerprint density at radius 3 is 2.43 bits per heavy atom. The lowest BCUT2D eigenvalue weighted by Crippen LogP contribution is -2.31. The number of hydrogen-bond acceptors (Lipinski definition) is 3. The molecule has 0 aliphatic heterocycles. The summed E-state index contributed by atoms with van der Waals surface area (Å²) in [6.07, 6.45) is -1.29. The second kappa shape index (κ2) is 8.61. The molecule has 0 unspecified atom stereocenters. The second-order valence-corrected chi connectivity index (χ2v) is 8.85. The van der Waals surface area contributed by atoms with Gasteiger partial charge in [0.05, 0.1) is 17.0 Å². The SMILES string of the molecule is CCN(Cc1nccn1Cc1cccc(C(F)(F)F)c1)S(=O)(=O)c1ccc(C)cc1. The van der Waals surface area contributed by atoms with Gasteiger partial charge >= 0.3 is 6.18 Å². The van der Waals surface area contributed by atoms with Crippen LogP contribution in [0, 0.1) is 6.92 Å². The van der Waals surface area contributed by atoms with E-state index in [0.29, 0.717) is 11.4 Å². The molecule has 1 heterocycles. The van der Waals surface area contributed by atoms with E-state index in [-0.39, 0.29) is 24.5 Å². The van der Waals surface area contributed by atoms with Crippen molar-refractivity contribution in [1.82, 2.24) is 13.9 Å². The van der Waals surface area contributed by atoms with Crippen molar-refractivity contribution in [2.75, 3.05) is 6.54 Å². The summed E-state index contributed by atoms with van der Waals surface area (Å²) in [7, 11) is -3.73. The first-order valence-corrected chi connectivity index (χ1v) is 10.8. The van der Waals surface area contributed by atoms with E-state index in [1.54, 1.807) is 48.0 Å². The molecule has 0 radical (unpaired) electrons. The summed E-state index contributed by atoms with van der Waals surface area (Å²) < 4.78 is 67.8. The maximum atomic E-state index is 13.0. The molecule has 0 amide bonds. The molecule has 0 fully saturated rings. The van der Waals surface area contributed by atoms with Crippen LogP contribution >= 0.6 is 0 Å². The van der Waals surface area contributed by atoms with Crippen LogP contribution in [0.2, 0.25) is 0 Å². The molecule has 0 N–H and O–H groups in total. The molecule has 0 aliphatic carbocycles. The van der Waals surface area contributed by atoms with E-state index in [4.69, 9.17) is 0 Å². The van der Waals surface area contributed by atoms with Gasteiger partial charge in [-0.1, -0.05) is 36.8 Å². The molecule has 3 rings (SSSR count). The van der Waals surface area contributed by atoms with E-state index in [1.807, 2.05) is 6.92 Å². The second-order valence-electron chi connectivity index (χ2n) is 6.91. The standard InChI is InChI=1S/C21H22F3N3O2S/c1-3-27(30(28,29)19-9-7-16(2)8-10-19)15-20-25-11-12-26(20)14-17-5-4-6-18(13-17)21(22,23)24/h4-13H,3,14-15H2,1-2H3. The maximum absolute atomic E-state index is 13.0. The minimum atomic E-state index is -4.42. The fourth-order valence-electron chi connectivity index (χ4n) is 3.06. The van der Waals surface area contributed by atoms with Crippen LogP contribution in [0.5, 0.6) is 0 Å². The van der Waals surface area contributed by atoms with Gasteiger partial charge in [0.25, 0.3) is 0 Å². The van der Waals surface area contributed by atoms with E-state index < -0.39 is 21.8 Å². The smallest absolute Gasteiger partial charge is 0.329 e. The van der Waals surface area contributed by atoms with Crippen LogP contribution in [-0.4, -0.2) is 28.8 Å². The maximum Gasteiger partial charge on any atom is 0.416 e. The van der Waals surface area contributed by atoms with Crippen LogP contribution in [0.4, 0.5) is 13.2 Å². The quantitative estimate of drug-likeness (QED) is 0.548. The summed E-state index contributed by atoms with van der Waals surface area (Å²) in [5.41, 5.74) is 0.681. The van der Waals surface area contributed by atoms with Gasteiger partial charge in [-0.25, -0.2) is 13.4 Å². The zero-order chi connectivity index (χ0) is 21.9. The third-order valence-corrected chi connectivity index (χ3v) is 6.67. The van der Waals surface area contributed by atoms with Crippen molar-refractivity contribution in [2.45, 2.75) is 38.0 Å². The van der Waals surface area contributed by atoms with Gasteiger partial charge in [0, 0.05) is 25.5 Å². The minimum Gasteiger partial charge on any atom is -0.329 e. The Labute approximate surface area is 173 Å². The van der Waals surface area contributed by atoms with Crippen LogP contribution in [-0.2, 0) is 29.3 Å². The number of sulfonamides is 1. The number of halogens is 3. The highest BCUT2D eigenvalue weighted by atomic mass is 32.2. The molecule has 0 saturated carbocycles. The van der Waals surface area contributed by atoms with Crippen LogP contribution in [0.1, 0.15) is 29.4 Å². The summed E-state index contributed by atoms with van der Waals surface area (Å²) in [6.45, 7) is 4.00. The fraction of sp³-hybridized carbons (Fsp3) is 0.286. The Bertz CT molecular complexity index is 1110. The third kappa shape index (κ3) is 4.91. The molecular weight excluding hydrogens is 415 g/mol. The van der Waals surface area contributed by atoms with Gasteiger partial charge in [0.2, 0.25) is 10.0 Å². The van der Waals surface area contributed by atoms with E-state index in [2.05, 4.69) is 4.98 Å².